The van der Waals surface area contributed by atoms with E-state index in [9.17, 15) is 0 Å². The van der Waals surface area contributed by atoms with E-state index in [2.05, 4.69) is 31.2 Å². The molecule has 1 aliphatic heterocycles. The van der Waals surface area contributed by atoms with Crippen LogP contribution in [0, 0.1) is 5.92 Å². The lowest BCUT2D eigenvalue weighted by molar-refractivity contribution is 0.178. The summed E-state index contributed by atoms with van der Waals surface area (Å²) < 4.78 is 0. The molecule has 60 valence electrons. The Kier molecular flexibility index (Phi) is 2.69. The van der Waals surface area contributed by atoms with Crippen molar-refractivity contribution in [2.45, 2.75) is 19.4 Å². The van der Waals surface area contributed by atoms with E-state index in [0.717, 1.165) is 12.0 Å². The molecule has 0 aromatic heterocycles. The van der Waals surface area contributed by atoms with Gasteiger partial charge in [0.15, 0.2) is 0 Å². The molecule has 0 aromatic carbocycles. The van der Waals surface area contributed by atoms with Crippen LogP contribution in [-0.2, 0) is 0 Å². The lowest BCUT2D eigenvalue weighted by Gasteiger charge is -2.34. The molecule has 2 atom stereocenters. The molecule has 1 N–H and O–H groups in total. The molecular formula is C8H18N2. The van der Waals surface area contributed by atoms with Gasteiger partial charge in [-0.05, 0) is 39.5 Å². The van der Waals surface area contributed by atoms with Crippen LogP contribution in [0.25, 0.3) is 0 Å². The topological polar surface area (TPSA) is 15.3 Å². The zero-order valence-electron chi connectivity index (χ0n) is 7.22. The minimum absolute atomic E-state index is 0.793. The minimum Gasteiger partial charge on any atom is -0.316 e. The maximum atomic E-state index is 3.39. The van der Waals surface area contributed by atoms with Gasteiger partial charge in [0.1, 0.15) is 0 Å². The van der Waals surface area contributed by atoms with Gasteiger partial charge in [0, 0.05) is 6.04 Å². The van der Waals surface area contributed by atoms with Crippen molar-refractivity contribution in [3.05, 3.63) is 0 Å². The van der Waals surface area contributed by atoms with Crippen molar-refractivity contribution in [3.63, 3.8) is 0 Å². The monoisotopic (exact) mass is 142 g/mol. The zero-order chi connectivity index (χ0) is 7.56. The van der Waals surface area contributed by atoms with Gasteiger partial charge in [0.25, 0.3) is 0 Å². The molecular weight excluding hydrogens is 124 g/mol. The Morgan fingerprint density at radius 2 is 2.10 bits per heavy atom. The maximum absolute atomic E-state index is 3.39. The average Bonchev–Trinajstić information content (AvgIpc) is 1.88. The number of hydrogen-bond acceptors (Lipinski definition) is 2. The molecule has 10 heavy (non-hydrogen) atoms. The molecule has 0 radical (unpaired) electrons. The van der Waals surface area contributed by atoms with E-state index in [1.165, 1.54) is 19.5 Å². The van der Waals surface area contributed by atoms with Gasteiger partial charge in [-0.3, -0.25) is 0 Å². The highest BCUT2D eigenvalue weighted by atomic mass is 15.1. The molecule has 1 saturated heterocycles. The molecule has 1 aliphatic rings. The molecule has 0 spiro atoms. The van der Waals surface area contributed by atoms with E-state index in [4.69, 9.17) is 0 Å². The normalized spacial score (nSPS) is 34.8. The molecule has 0 amide bonds. The van der Waals surface area contributed by atoms with E-state index in [0.29, 0.717) is 0 Å². The molecule has 0 saturated carbocycles. The van der Waals surface area contributed by atoms with Gasteiger partial charge in [-0.1, -0.05) is 6.92 Å². The Labute approximate surface area is 63.6 Å². The molecule has 0 aromatic rings. The second kappa shape index (κ2) is 3.35. The largest absolute Gasteiger partial charge is 0.316 e. The first kappa shape index (κ1) is 8.02. The summed E-state index contributed by atoms with van der Waals surface area (Å²) in [5, 5.41) is 3.39. The summed E-state index contributed by atoms with van der Waals surface area (Å²) in [6, 6.07) is 0.793. The van der Waals surface area contributed by atoms with Crippen LogP contribution in [0.4, 0.5) is 0 Å². The van der Waals surface area contributed by atoms with Crippen LogP contribution in [0.1, 0.15) is 13.3 Å². The van der Waals surface area contributed by atoms with Crippen LogP contribution < -0.4 is 5.32 Å². The van der Waals surface area contributed by atoms with Crippen LogP contribution in [0.3, 0.4) is 0 Å². The van der Waals surface area contributed by atoms with E-state index < -0.39 is 0 Å². The number of rotatable bonds is 1. The van der Waals surface area contributed by atoms with Gasteiger partial charge >= 0.3 is 0 Å². The van der Waals surface area contributed by atoms with Crippen LogP contribution >= 0.6 is 0 Å². The standard InChI is InChI=1S/C8H18N2/c1-7-6-9-5-4-8(7)10(2)3/h7-9H,4-6H2,1-3H3/t7-,8+/m1/s1. The third-order valence-corrected chi connectivity index (χ3v) is 2.40. The minimum atomic E-state index is 0.793. The van der Waals surface area contributed by atoms with Crippen LogP contribution in [-0.4, -0.2) is 38.1 Å². The second-order valence-corrected chi connectivity index (χ2v) is 3.50. The summed E-state index contributed by atoms with van der Waals surface area (Å²) in [6.45, 7) is 4.69. The van der Waals surface area contributed by atoms with Crippen LogP contribution in [0.2, 0.25) is 0 Å². The second-order valence-electron chi connectivity index (χ2n) is 3.50. The fraction of sp³-hybridized carbons (Fsp3) is 1.00. The van der Waals surface area contributed by atoms with E-state index in [1.807, 2.05) is 0 Å². The predicted octanol–water partition coefficient (Wildman–Crippen LogP) is 0.546. The van der Waals surface area contributed by atoms with Crippen molar-refractivity contribution < 1.29 is 0 Å². The summed E-state index contributed by atoms with van der Waals surface area (Å²) in [6.07, 6.45) is 1.30. The molecule has 0 bridgehead atoms. The highest BCUT2D eigenvalue weighted by Crippen LogP contribution is 2.14. The summed E-state index contributed by atoms with van der Waals surface area (Å²) >= 11 is 0. The Morgan fingerprint density at radius 1 is 1.40 bits per heavy atom. The van der Waals surface area contributed by atoms with Crippen LogP contribution in [0.5, 0.6) is 0 Å². The van der Waals surface area contributed by atoms with Gasteiger partial charge in [-0.2, -0.15) is 0 Å². The number of nitrogens with one attached hydrogen (secondary N) is 1. The Bertz CT molecular complexity index is 101. The predicted molar refractivity (Wildman–Crippen MR) is 44.1 cm³/mol. The lowest BCUT2D eigenvalue weighted by atomic mass is 9.95. The Balaban J connectivity index is 2.40. The first-order valence-electron chi connectivity index (χ1n) is 4.09. The average molecular weight is 142 g/mol. The summed E-state index contributed by atoms with van der Waals surface area (Å²) in [4.78, 5) is 2.34. The molecule has 1 heterocycles. The Hall–Kier alpha value is -0.0800. The van der Waals surface area contributed by atoms with Gasteiger partial charge in [0.2, 0.25) is 0 Å². The van der Waals surface area contributed by atoms with Gasteiger partial charge in [-0.25, -0.2) is 0 Å². The molecule has 1 rings (SSSR count). The molecule has 0 aliphatic carbocycles. The Morgan fingerprint density at radius 3 is 2.50 bits per heavy atom. The molecule has 2 heteroatoms. The maximum Gasteiger partial charge on any atom is 0.0139 e. The van der Waals surface area contributed by atoms with Crippen molar-refractivity contribution in [3.8, 4) is 0 Å². The van der Waals surface area contributed by atoms with Crippen molar-refractivity contribution in [2.75, 3.05) is 27.2 Å². The smallest absolute Gasteiger partial charge is 0.0139 e. The van der Waals surface area contributed by atoms with Gasteiger partial charge in [-0.15, -0.1) is 0 Å². The van der Waals surface area contributed by atoms with E-state index in [-0.39, 0.29) is 0 Å². The first-order valence-corrected chi connectivity index (χ1v) is 4.09. The molecule has 1 fully saturated rings. The zero-order valence-corrected chi connectivity index (χ0v) is 7.22. The summed E-state index contributed by atoms with van der Waals surface area (Å²) in [5.41, 5.74) is 0. The highest BCUT2D eigenvalue weighted by molar-refractivity contribution is 4.79. The van der Waals surface area contributed by atoms with Gasteiger partial charge < -0.3 is 10.2 Å². The quantitative estimate of drug-likeness (QED) is 0.575. The van der Waals surface area contributed by atoms with Crippen molar-refractivity contribution in [1.82, 2.24) is 10.2 Å². The third-order valence-electron chi connectivity index (χ3n) is 2.40. The molecule has 0 unspecified atom stereocenters. The first-order chi connectivity index (χ1) is 4.72. The summed E-state index contributed by atoms with van der Waals surface area (Å²) in [7, 11) is 4.35. The van der Waals surface area contributed by atoms with Crippen LogP contribution in [0.15, 0.2) is 0 Å². The fourth-order valence-corrected chi connectivity index (χ4v) is 1.77. The van der Waals surface area contributed by atoms with E-state index in [1.54, 1.807) is 0 Å². The summed E-state index contributed by atoms with van der Waals surface area (Å²) in [5.74, 6) is 0.809. The fourth-order valence-electron chi connectivity index (χ4n) is 1.77. The number of nitrogens with zero attached hydrogens (tertiary/aromatic N) is 1. The van der Waals surface area contributed by atoms with E-state index >= 15 is 0 Å². The highest BCUT2D eigenvalue weighted by Gasteiger charge is 2.21. The van der Waals surface area contributed by atoms with Crippen molar-refractivity contribution >= 4 is 0 Å². The SMILES string of the molecule is C[C@@H]1CNCC[C@@H]1N(C)C. The number of piperidine rings is 1. The molecule has 2 nitrogen and oxygen atoms in total. The number of hydrogen-bond donors (Lipinski definition) is 1. The van der Waals surface area contributed by atoms with Gasteiger partial charge in [0.05, 0.1) is 0 Å². The lowest BCUT2D eigenvalue weighted by Crippen LogP contribution is -2.45. The third kappa shape index (κ3) is 1.70. The van der Waals surface area contributed by atoms with Crippen molar-refractivity contribution in [1.29, 1.82) is 0 Å². The van der Waals surface area contributed by atoms with Crippen molar-refractivity contribution in [2.24, 2.45) is 5.92 Å².